The minimum absolute atomic E-state index is 0.160. The van der Waals surface area contributed by atoms with Crippen LogP contribution in [0.1, 0.15) is 12.0 Å². The molecule has 1 aromatic carbocycles. The molecule has 6 heteroatoms. The summed E-state index contributed by atoms with van der Waals surface area (Å²) < 4.78 is 25.6. The molecule has 0 bridgehead atoms. The van der Waals surface area contributed by atoms with Gasteiger partial charge >= 0.3 is 0 Å². The van der Waals surface area contributed by atoms with Gasteiger partial charge in [-0.3, -0.25) is 9.69 Å². The second-order valence-corrected chi connectivity index (χ2v) is 4.02. The number of aromatic nitrogens is 1. The van der Waals surface area contributed by atoms with Gasteiger partial charge in [0, 0.05) is 17.1 Å². The zero-order valence-corrected chi connectivity index (χ0v) is 9.40. The third kappa shape index (κ3) is 2.31. The molecule has 1 amide bonds. The number of carbonyl (C=O) groups is 1. The van der Waals surface area contributed by atoms with Gasteiger partial charge in [-0.1, -0.05) is 18.2 Å². The molecule has 0 atom stereocenters. The summed E-state index contributed by atoms with van der Waals surface area (Å²) in [6.45, 7) is 0. The Balaban J connectivity index is 2.48. The van der Waals surface area contributed by atoms with Crippen LogP contribution in [0, 0.1) is 0 Å². The van der Waals surface area contributed by atoms with Crippen LogP contribution in [0.3, 0.4) is 0 Å². The third-order valence-electron chi connectivity index (χ3n) is 2.16. The quantitative estimate of drug-likeness (QED) is 0.784. The predicted molar refractivity (Wildman–Crippen MR) is 61.7 cm³/mol. The van der Waals surface area contributed by atoms with Crippen LogP contribution in [0.2, 0.25) is 0 Å². The Morgan fingerprint density at radius 1 is 1.35 bits per heavy atom. The summed E-state index contributed by atoms with van der Waals surface area (Å²) in [5, 5.41) is 2.05. The van der Waals surface area contributed by atoms with Crippen LogP contribution in [-0.4, -0.2) is 11.4 Å². The van der Waals surface area contributed by atoms with Gasteiger partial charge in [-0.2, -0.15) is 0 Å². The van der Waals surface area contributed by atoms with Gasteiger partial charge in [0.15, 0.2) is 5.13 Å². The van der Waals surface area contributed by atoms with Crippen LogP contribution in [0.25, 0.3) is 0 Å². The van der Waals surface area contributed by atoms with E-state index in [0.717, 1.165) is 4.90 Å². The number of anilines is 2. The van der Waals surface area contributed by atoms with E-state index in [1.54, 1.807) is 11.4 Å². The van der Waals surface area contributed by atoms with Crippen molar-refractivity contribution in [3.05, 3.63) is 41.4 Å². The number of carbonyl (C=O) groups excluding carboxylic acids is 1. The number of nitrogens with zero attached hydrogens (tertiary/aromatic N) is 2. The van der Waals surface area contributed by atoms with Crippen molar-refractivity contribution in [2.75, 3.05) is 4.90 Å². The van der Waals surface area contributed by atoms with Gasteiger partial charge in [-0.25, -0.2) is 13.8 Å². The molecule has 0 saturated carbocycles. The molecule has 2 rings (SSSR count). The maximum atomic E-state index is 12.8. The molecule has 0 aliphatic rings. The highest BCUT2D eigenvalue weighted by atomic mass is 32.1. The van der Waals surface area contributed by atoms with Gasteiger partial charge in [-0.15, -0.1) is 11.3 Å². The van der Waals surface area contributed by atoms with E-state index < -0.39 is 6.43 Å². The van der Waals surface area contributed by atoms with Gasteiger partial charge in [-0.05, 0) is 6.07 Å². The van der Waals surface area contributed by atoms with E-state index in [2.05, 4.69) is 4.98 Å². The third-order valence-corrected chi connectivity index (χ3v) is 2.93. The molecule has 0 fully saturated rings. The molecule has 88 valence electrons. The number of hydrogen-bond acceptors (Lipinski definition) is 3. The first-order valence-corrected chi connectivity index (χ1v) is 5.63. The molecule has 0 aliphatic heterocycles. The summed E-state index contributed by atoms with van der Waals surface area (Å²) in [6, 6.07) is 5.88. The topological polar surface area (TPSA) is 33.2 Å². The molecular weight excluding hydrogens is 246 g/mol. The Hall–Kier alpha value is -1.82. The summed E-state index contributed by atoms with van der Waals surface area (Å²) in [5.41, 5.74) is -0.0257. The SMILES string of the molecule is O=CN(c1nccs1)c1ccccc1C(F)F. The molecule has 0 radical (unpaired) electrons. The zero-order chi connectivity index (χ0) is 12.3. The first-order chi connectivity index (χ1) is 8.24. The Morgan fingerprint density at radius 2 is 2.12 bits per heavy atom. The molecule has 17 heavy (non-hydrogen) atoms. The molecule has 0 N–H and O–H groups in total. The lowest BCUT2D eigenvalue weighted by molar-refractivity contribution is -0.106. The van der Waals surface area contributed by atoms with E-state index >= 15 is 0 Å². The summed E-state index contributed by atoms with van der Waals surface area (Å²) in [6.07, 6.45) is -0.629. The lowest BCUT2D eigenvalue weighted by Gasteiger charge is -2.17. The van der Waals surface area contributed by atoms with Crippen molar-refractivity contribution >= 4 is 28.6 Å². The van der Waals surface area contributed by atoms with Crippen LogP contribution >= 0.6 is 11.3 Å². The molecule has 2 aromatic rings. The average Bonchev–Trinajstić information content (AvgIpc) is 2.84. The van der Waals surface area contributed by atoms with Crippen molar-refractivity contribution in [1.29, 1.82) is 0 Å². The minimum atomic E-state index is -2.63. The highest BCUT2D eigenvalue weighted by molar-refractivity contribution is 7.13. The van der Waals surface area contributed by atoms with E-state index in [-0.39, 0.29) is 11.3 Å². The fraction of sp³-hybridized carbons (Fsp3) is 0.0909. The highest BCUT2D eigenvalue weighted by Gasteiger charge is 2.19. The molecular formula is C11H8F2N2OS. The molecule has 3 nitrogen and oxygen atoms in total. The van der Waals surface area contributed by atoms with Gasteiger partial charge in [0.2, 0.25) is 6.41 Å². The zero-order valence-electron chi connectivity index (χ0n) is 8.59. The Kier molecular flexibility index (Phi) is 3.43. The lowest BCUT2D eigenvalue weighted by Crippen LogP contribution is -2.15. The largest absolute Gasteiger partial charge is 0.278 e. The number of alkyl halides is 2. The Morgan fingerprint density at radius 3 is 2.71 bits per heavy atom. The van der Waals surface area contributed by atoms with E-state index in [1.165, 1.54) is 35.7 Å². The van der Waals surface area contributed by atoms with Gasteiger partial charge in [0.1, 0.15) is 0 Å². The average molecular weight is 254 g/mol. The van der Waals surface area contributed by atoms with Crippen molar-refractivity contribution in [2.24, 2.45) is 0 Å². The second kappa shape index (κ2) is 5.01. The maximum absolute atomic E-state index is 12.8. The number of rotatable bonds is 4. The first kappa shape index (κ1) is 11.7. The fourth-order valence-corrected chi connectivity index (χ4v) is 2.05. The number of amides is 1. The summed E-state index contributed by atoms with van der Waals surface area (Å²) >= 11 is 1.21. The van der Waals surface area contributed by atoms with Crippen molar-refractivity contribution in [3.63, 3.8) is 0 Å². The summed E-state index contributed by atoms with van der Waals surface area (Å²) in [5.74, 6) is 0. The number of thiazole rings is 1. The van der Waals surface area contributed by atoms with Crippen LogP contribution in [0.4, 0.5) is 19.6 Å². The van der Waals surface area contributed by atoms with E-state index in [0.29, 0.717) is 11.5 Å². The van der Waals surface area contributed by atoms with Gasteiger partial charge in [0.05, 0.1) is 5.69 Å². The molecule has 0 spiro atoms. The normalized spacial score (nSPS) is 10.5. The smallest absolute Gasteiger partial charge is 0.265 e. The van der Waals surface area contributed by atoms with Crippen LogP contribution < -0.4 is 4.90 Å². The Labute approximate surface area is 100 Å². The monoisotopic (exact) mass is 254 g/mol. The lowest BCUT2D eigenvalue weighted by atomic mass is 10.2. The van der Waals surface area contributed by atoms with Crippen molar-refractivity contribution in [3.8, 4) is 0 Å². The highest BCUT2D eigenvalue weighted by Crippen LogP contribution is 2.33. The van der Waals surface area contributed by atoms with Gasteiger partial charge < -0.3 is 0 Å². The number of para-hydroxylation sites is 1. The van der Waals surface area contributed by atoms with Gasteiger partial charge in [0.25, 0.3) is 6.43 Å². The number of halogens is 2. The van der Waals surface area contributed by atoms with E-state index in [9.17, 15) is 13.6 Å². The standard InChI is InChI=1S/C11H8F2N2OS/c12-10(13)8-3-1-2-4-9(8)15(7-16)11-14-5-6-17-11/h1-7,10H. The molecule has 1 heterocycles. The van der Waals surface area contributed by atoms with Crippen LogP contribution in [-0.2, 0) is 4.79 Å². The van der Waals surface area contributed by atoms with Crippen molar-refractivity contribution in [1.82, 2.24) is 4.98 Å². The van der Waals surface area contributed by atoms with Crippen molar-refractivity contribution in [2.45, 2.75) is 6.43 Å². The number of benzene rings is 1. The fourth-order valence-electron chi connectivity index (χ4n) is 1.43. The Bertz CT molecular complexity index is 502. The maximum Gasteiger partial charge on any atom is 0.265 e. The molecule has 0 unspecified atom stereocenters. The minimum Gasteiger partial charge on any atom is -0.278 e. The molecule has 1 aromatic heterocycles. The van der Waals surface area contributed by atoms with Crippen LogP contribution in [0.15, 0.2) is 35.8 Å². The second-order valence-electron chi connectivity index (χ2n) is 3.15. The van der Waals surface area contributed by atoms with Crippen molar-refractivity contribution < 1.29 is 13.6 Å². The van der Waals surface area contributed by atoms with E-state index in [1.807, 2.05) is 0 Å². The summed E-state index contributed by atoms with van der Waals surface area (Å²) in [7, 11) is 0. The molecule has 0 saturated heterocycles. The number of hydrogen-bond donors (Lipinski definition) is 0. The van der Waals surface area contributed by atoms with E-state index in [4.69, 9.17) is 0 Å². The van der Waals surface area contributed by atoms with Crippen LogP contribution in [0.5, 0.6) is 0 Å². The molecule has 0 aliphatic carbocycles. The summed E-state index contributed by atoms with van der Waals surface area (Å²) in [4.78, 5) is 16.1. The first-order valence-electron chi connectivity index (χ1n) is 4.75. The predicted octanol–water partition coefficient (Wildman–Crippen LogP) is 3.38.